The van der Waals surface area contributed by atoms with E-state index < -0.39 is 0 Å². The molecule has 1 rings (SSSR count). The van der Waals surface area contributed by atoms with Gasteiger partial charge in [0.2, 0.25) is 0 Å². The summed E-state index contributed by atoms with van der Waals surface area (Å²) in [6.45, 7) is 5.45. The summed E-state index contributed by atoms with van der Waals surface area (Å²) in [5, 5.41) is 14.1. The standard InChI is InChI=1S/C12H21BrN2O2/c1-9(2)12(16)5-4-11-10(13)8-14-15(11)6-7-17-3/h8-9,12,16H,4-7H2,1-3H3. The molecule has 1 N–H and O–H groups in total. The van der Waals surface area contributed by atoms with Gasteiger partial charge in [-0.25, -0.2) is 0 Å². The largest absolute Gasteiger partial charge is 0.393 e. The van der Waals surface area contributed by atoms with Crippen LogP contribution in [-0.2, 0) is 17.7 Å². The normalized spacial score (nSPS) is 13.3. The summed E-state index contributed by atoms with van der Waals surface area (Å²) in [7, 11) is 1.68. The molecule has 1 aromatic heterocycles. The number of ether oxygens (including phenoxy) is 1. The van der Waals surface area contributed by atoms with Crippen molar-refractivity contribution in [3.8, 4) is 0 Å². The van der Waals surface area contributed by atoms with Crippen LogP contribution in [0.4, 0.5) is 0 Å². The first-order valence-corrected chi connectivity index (χ1v) is 6.72. The van der Waals surface area contributed by atoms with Gasteiger partial charge in [0.1, 0.15) is 0 Å². The maximum Gasteiger partial charge on any atom is 0.0658 e. The van der Waals surface area contributed by atoms with Gasteiger partial charge in [0, 0.05) is 7.11 Å². The lowest BCUT2D eigenvalue weighted by molar-refractivity contribution is 0.115. The number of aliphatic hydroxyl groups is 1. The third-order valence-corrected chi connectivity index (χ3v) is 3.51. The van der Waals surface area contributed by atoms with Gasteiger partial charge in [0.15, 0.2) is 0 Å². The Kier molecular flexibility index (Phi) is 6.16. The molecule has 0 bridgehead atoms. The van der Waals surface area contributed by atoms with Crippen LogP contribution in [0.2, 0.25) is 0 Å². The second kappa shape index (κ2) is 7.13. The molecule has 1 atom stereocenters. The van der Waals surface area contributed by atoms with Crippen LogP contribution in [0, 0.1) is 5.92 Å². The minimum absolute atomic E-state index is 0.257. The van der Waals surface area contributed by atoms with Crippen molar-refractivity contribution in [1.29, 1.82) is 0 Å². The number of hydrogen-bond acceptors (Lipinski definition) is 3. The van der Waals surface area contributed by atoms with Crippen molar-refractivity contribution in [1.82, 2.24) is 9.78 Å². The van der Waals surface area contributed by atoms with Gasteiger partial charge in [-0.05, 0) is 34.7 Å². The molecule has 0 saturated heterocycles. The van der Waals surface area contributed by atoms with Gasteiger partial charge in [-0.1, -0.05) is 13.8 Å². The lowest BCUT2D eigenvalue weighted by atomic mass is 10.0. The molecule has 0 amide bonds. The molecule has 0 fully saturated rings. The Labute approximate surface area is 111 Å². The van der Waals surface area contributed by atoms with E-state index in [1.807, 2.05) is 18.5 Å². The Bertz CT molecular complexity index is 339. The number of aromatic nitrogens is 2. The first-order valence-electron chi connectivity index (χ1n) is 5.93. The monoisotopic (exact) mass is 304 g/mol. The molecule has 1 unspecified atom stereocenters. The highest BCUT2D eigenvalue weighted by atomic mass is 79.9. The Morgan fingerprint density at radius 2 is 2.24 bits per heavy atom. The zero-order valence-corrected chi connectivity index (χ0v) is 12.3. The number of methoxy groups -OCH3 is 1. The summed E-state index contributed by atoms with van der Waals surface area (Å²) in [6.07, 6.45) is 3.12. The lowest BCUT2D eigenvalue weighted by Gasteiger charge is -2.15. The first-order chi connectivity index (χ1) is 8.06. The minimum atomic E-state index is -0.257. The molecular formula is C12H21BrN2O2. The highest BCUT2D eigenvalue weighted by Crippen LogP contribution is 2.19. The third kappa shape index (κ3) is 4.41. The Morgan fingerprint density at radius 1 is 1.53 bits per heavy atom. The lowest BCUT2D eigenvalue weighted by Crippen LogP contribution is -2.17. The predicted molar refractivity (Wildman–Crippen MR) is 71.0 cm³/mol. The van der Waals surface area contributed by atoms with Crippen LogP contribution in [0.3, 0.4) is 0 Å². The van der Waals surface area contributed by atoms with Crippen molar-refractivity contribution in [3.63, 3.8) is 0 Å². The van der Waals surface area contributed by atoms with Gasteiger partial charge < -0.3 is 9.84 Å². The molecule has 17 heavy (non-hydrogen) atoms. The zero-order valence-electron chi connectivity index (χ0n) is 10.7. The van der Waals surface area contributed by atoms with Crippen LogP contribution in [0.5, 0.6) is 0 Å². The summed E-state index contributed by atoms with van der Waals surface area (Å²) in [4.78, 5) is 0. The van der Waals surface area contributed by atoms with Crippen molar-refractivity contribution in [3.05, 3.63) is 16.4 Å². The van der Waals surface area contributed by atoms with Crippen molar-refractivity contribution < 1.29 is 9.84 Å². The van der Waals surface area contributed by atoms with E-state index in [4.69, 9.17) is 4.74 Å². The van der Waals surface area contributed by atoms with Gasteiger partial charge >= 0.3 is 0 Å². The maximum absolute atomic E-state index is 9.81. The number of nitrogens with zero attached hydrogens (tertiary/aromatic N) is 2. The summed E-state index contributed by atoms with van der Waals surface area (Å²) in [5.41, 5.74) is 1.13. The SMILES string of the molecule is COCCn1ncc(Br)c1CCC(O)C(C)C. The number of halogens is 1. The van der Waals surface area contributed by atoms with Crippen molar-refractivity contribution >= 4 is 15.9 Å². The number of rotatable bonds is 7. The van der Waals surface area contributed by atoms with Gasteiger partial charge in [0.05, 0.1) is 35.6 Å². The summed E-state index contributed by atoms with van der Waals surface area (Å²) in [6, 6.07) is 0. The molecule has 5 heteroatoms. The molecule has 0 aromatic carbocycles. The summed E-state index contributed by atoms with van der Waals surface area (Å²) >= 11 is 3.49. The van der Waals surface area contributed by atoms with E-state index in [0.29, 0.717) is 12.5 Å². The molecule has 0 spiro atoms. The summed E-state index contributed by atoms with van der Waals surface area (Å²) < 4.78 is 7.98. The average Bonchev–Trinajstić information content (AvgIpc) is 2.64. The molecule has 1 heterocycles. The molecule has 0 aliphatic rings. The molecule has 0 radical (unpaired) electrons. The molecule has 0 saturated carbocycles. The van der Waals surface area contributed by atoms with Crippen LogP contribution < -0.4 is 0 Å². The van der Waals surface area contributed by atoms with Crippen molar-refractivity contribution in [2.24, 2.45) is 5.92 Å². The van der Waals surface area contributed by atoms with Crippen LogP contribution in [-0.4, -0.2) is 34.7 Å². The van der Waals surface area contributed by atoms with E-state index in [1.54, 1.807) is 13.3 Å². The van der Waals surface area contributed by atoms with E-state index in [0.717, 1.165) is 29.6 Å². The van der Waals surface area contributed by atoms with E-state index in [1.165, 1.54) is 0 Å². The fraction of sp³-hybridized carbons (Fsp3) is 0.750. The minimum Gasteiger partial charge on any atom is -0.393 e. The van der Waals surface area contributed by atoms with Crippen LogP contribution >= 0.6 is 15.9 Å². The fourth-order valence-corrected chi connectivity index (χ4v) is 2.12. The molecule has 0 aliphatic heterocycles. The third-order valence-electron chi connectivity index (χ3n) is 2.85. The maximum atomic E-state index is 9.81. The first kappa shape index (κ1) is 14.7. The second-order valence-corrected chi connectivity index (χ2v) is 5.36. The molecule has 1 aromatic rings. The van der Waals surface area contributed by atoms with Crippen molar-refractivity contribution in [2.75, 3.05) is 13.7 Å². The quantitative estimate of drug-likeness (QED) is 0.840. The van der Waals surface area contributed by atoms with Crippen molar-refractivity contribution in [2.45, 2.75) is 39.3 Å². The van der Waals surface area contributed by atoms with E-state index in [9.17, 15) is 5.11 Å². The van der Waals surface area contributed by atoms with Gasteiger partial charge in [-0.15, -0.1) is 0 Å². The van der Waals surface area contributed by atoms with Crippen LogP contribution in [0.25, 0.3) is 0 Å². The van der Waals surface area contributed by atoms with Gasteiger partial charge in [0.25, 0.3) is 0 Å². The van der Waals surface area contributed by atoms with Gasteiger partial charge in [-0.2, -0.15) is 5.10 Å². The van der Waals surface area contributed by atoms with Gasteiger partial charge in [-0.3, -0.25) is 4.68 Å². The zero-order chi connectivity index (χ0) is 12.8. The predicted octanol–water partition coefficient (Wildman–Crippen LogP) is 2.24. The highest BCUT2D eigenvalue weighted by molar-refractivity contribution is 9.10. The Hall–Kier alpha value is -0.390. The van der Waals surface area contributed by atoms with E-state index in [2.05, 4.69) is 21.0 Å². The second-order valence-electron chi connectivity index (χ2n) is 4.51. The molecule has 98 valence electrons. The summed E-state index contributed by atoms with van der Waals surface area (Å²) in [5.74, 6) is 0.295. The van der Waals surface area contributed by atoms with E-state index >= 15 is 0 Å². The number of hydrogen-bond donors (Lipinski definition) is 1. The topological polar surface area (TPSA) is 47.3 Å². The molecule has 4 nitrogen and oxygen atoms in total. The van der Waals surface area contributed by atoms with Crippen LogP contribution in [0.1, 0.15) is 26.0 Å². The highest BCUT2D eigenvalue weighted by Gasteiger charge is 2.13. The van der Waals surface area contributed by atoms with Crippen LogP contribution in [0.15, 0.2) is 10.7 Å². The average molecular weight is 305 g/mol. The molecular weight excluding hydrogens is 284 g/mol. The fourth-order valence-electron chi connectivity index (χ4n) is 1.62. The van der Waals surface area contributed by atoms with E-state index in [-0.39, 0.29) is 6.10 Å². The Balaban J connectivity index is 2.59. The molecule has 0 aliphatic carbocycles. The smallest absolute Gasteiger partial charge is 0.0658 e. The number of aliphatic hydroxyl groups excluding tert-OH is 1. The Morgan fingerprint density at radius 3 is 2.82 bits per heavy atom.